The number of hydrogen-bond acceptors (Lipinski definition) is 1. The van der Waals surface area contributed by atoms with Crippen LogP contribution in [-0.2, 0) is 0 Å². The minimum absolute atomic E-state index is 0. The first-order chi connectivity index (χ1) is 5.36. The van der Waals surface area contributed by atoms with E-state index in [9.17, 15) is 0 Å². The molecule has 0 saturated carbocycles. The van der Waals surface area contributed by atoms with E-state index in [0.29, 0.717) is 0 Å². The van der Waals surface area contributed by atoms with Crippen LogP contribution in [-0.4, -0.2) is 21.8 Å². The Bertz CT molecular complexity index is 392. The second-order valence-corrected chi connectivity index (χ2v) is 3.85. The number of nitrogens with zero attached hydrogens (tertiary/aromatic N) is 1. The first-order valence-corrected chi connectivity index (χ1v) is 4.68. The normalized spacial score (nSPS) is 8.69. The summed E-state index contributed by atoms with van der Waals surface area (Å²) < 4.78 is 1.32. The van der Waals surface area contributed by atoms with Crippen LogP contribution in [0.4, 0.5) is 0 Å². The Morgan fingerprint density at radius 3 is 2.62 bits per heavy atom. The molecule has 0 fully saturated rings. The molecule has 0 saturated heterocycles. The van der Waals surface area contributed by atoms with Crippen molar-refractivity contribution in [1.29, 1.82) is 0 Å². The van der Waals surface area contributed by atoms with Crippen LogP contribution in [0, 0.1) is 0 Å². The summed E-state index contributed by atoms with van der Waals surface area (Å²) in [6.07, 6.45) is 1.83. The molecular formula is C9H10AsCl2N. The average molecular weight is 278 g/mol. The second-order valence-electron chi connectivity index (χ2n) is 2.46. The van der Waals surface area contributed by atoms with Gasteiger partial charge in [0, 0.05) is 0 Å². The maximum atomic E-state index is 4.25. The third kappa shape index (κ3) is 2.87. The van der Waals surface area contributed by atoms with Gasteiger partial charge in [0.1, 0.15) is 0 Å². The zero-order chi connectivity index (χ0) is 7.68. The first-order valence-electron chi connectivity index (χ1n) is 3.46. The topological polar surface area (TPSA) is 12.9 Å². The van der Waals surface area contributed by atoms with Crippen LogP contribution < -0.4 is 4.35 Å². The summed E-state index contributed by atoms with van der Waals surface area (Å²) in [5.41, 5.74) is 1.09. The van der Waals surface area contributed by atoms with Crippen molar-refractivity contribution in [3.63, 3.8) is 0 Å². The third-order valence-corrected chi connectivity index (χ3v) is 2.38. The fourth-order valence-corrected chi connectivity index (χ4v) is 1.62. The van der Waals surface area contributed by atoms with Crippen molar-refractivity contribution < 1.29 is 0 Å². The minimum atomic E-state index is 0. The number of hydrogen-bond donors (Lipinski definition) is 0. The average Bonchev–Trinajstić information content (AvgIpc) is 2.04. The van der Waals surface area contributed by atoms with Crippen molar-refractivity contribution in [3.05, 3.63) is 36.5 Å². The molecule has 1 nitrogen and oxygen atoms in total. The molecule has 1 unspecified atom stereocenters. The number of halogens is 2. The van der Waals surface area contributed by atoms with Gasteiger partial charge < -0.3 is 0 Å². The number of rotatable bonds is 0. The molecule has 2 aromatic rings. The summed E-state index contributed by atoms with van der Waals surface area (Å²) in [6, 6.07) is 10.4. The molecule has 1 aromatic heterocycles. The molecule has 0 spiro atoms. The van der Waals surface area contributed by atoms with Crippen LogP contribution in [0.3, 0.4) is 0 Å². The maximum absolute atomic E-state index is 4.25. The number of aromatic nitrogens is 1. The van der Waals surface area contributed by atoms with Crippen LogP contribution in [0.15, 0.2) is 36.5 Å². The zero-order valence-electron chi connectivity index (χ0n) is 6.81. The summed E-state index contributed by atoms with van der Waals surface area (Å²) >= 11 is 1.64. The Labute approximate surface area is 98.3 Å². The molecule has 1 aromatic carbocycles. The molecule has 70 valence electrons. The summed E-state index contributed by atoms with van der Waals surface area (Å²) in [5, 5.41) is 1.22. The second kappa shape index (κ2) is 5.49. The summed E-state index contributed by atoms with van der Waals surface area (Å²) in [4.78, 5) is 4.25. The van der Waals surface area contributed by atoms with Gasteiger partial charge in [-0.05, 0) is 0 Å². The molecular weight excluding hydrogens is 268 g/mol. The summed E-state index contributed by atoms with van der Waals surface area (Å²) in [5.74, 6) is 0. The molecule has 0 N–H and O–H groups in total. The van der Waals surface area contributed by atoms with Gasteiger partial charge in [-0.3, -0.25) is 0 Å². The van der Waals surface area contributed by atoms with Gasteiger partial charge in [0.05, 0.1) is 0 Å². The molecule has 0 aliphatic heterocycles. The van der Waals surface area contributed by atoms with Crippen molar-refractivity contribution in [3.8, 4) is 0 Å². The van der Waals surface area contributed by atoms with Gasteiger partial charge in [-0.1, -0.05) is 0 Å². The summed E-state index contributed by atoms with van der Waals surface area (Å²) in [6.45, 7) is 0. The van der Waals surface area contributed by atoms with Crippen LogP contribution in [0.5, 0.6) is 0 Å². The molecule has 2 rings (SSSR count). The Hall–Kier alpha value is -0.232. The Morgan fingerprint density at radius 1 is 1.08 bits per heavy atom. The van der Waals surface area contributed by atoms with E-state index in [0.717, 1.165) is 5.52 Å². The van der Waals surface area contributed by atoms with E-state index in [1.165, 1.54) is 9.74 Å². The van der Waals surface area contributed by atoms with Gasteiger partial charge in [-0.15, -0.1) is 24.8 Å². The molecule has 1 heterocycles. The Balaban J connectivity index is 0.000000720. The number of benzene rings is 1. The summed E-state index contributed by atoms with van der Waals surface area (Å²) in [7, 11) is 0. The van der Waals surface area contributed by atoms with Crippen molar-refractivity contribution in [2.24, 2.45) is 0 Å². The first kappa shape index (κ1) is 12.8. The Kier molecular flexibility index (Phi) is 5.39. The molecule has 0 aliphatic carbocycles. The SMILES string of the molecule is Cl.Cl.[AsH2]c1ccc2cccnc2c1. The number of pyridine rings is 1. The van der Waals surface area contributed by atoms with E-state index in [1.807, 2.05) is 12.3 Å². The van der Waals surface area contributed by atoms with E-state index in [2.05, 4.69) is 29.2 Å². The molecule has 0 aliphatic rings. The monoisotopic (exact) mass is 277 g/mol. The van der Waals surface area contributed by atoms with Gasteiger partial charge in [0.25, 0.3) is 0 Å². The van der Waals surface area contributed by atoms with Crippen molar-refractivity contribution in [1.82, 2.24) is 4.98 Å². The molecule has 13 heavy (non-hydrogen) atoms. The van der Waals surface area contributed by atoms with Crippen molar-refractivity contribution >= 4 is 56.9 Å². The van der Waals surface area contributed by atoms with E-state index >= 15 is 0 Å². The fourth-order valence-electron chi connectivity index (χ4n) is 1.08. The predicted molar refractivity (Wildman–Crippen MR) is 64.4 cm³/mol. The van der Waals surface area contributed by atoms with Crippen LogP contribution in [0.1, 0.15) is 0 Å². The van der Waals surface area contributed by atoms with Crippen LogP contribution in [0.25, 0.3) is 10.9 Å². The molecule has 0 bridgehead atoms. The quantitative estimate of drug-likeness (QED) is 0.663. The van der Waals surface area contributed by atoms with Gasteiger partial charge in [-0.2, -0.15) is 0 Å². The predicted octanol–water partition coefficient (Wildman–Crippen LogP) is 1.34. The molecule has 4 heteroatoms. The van der Waals surface area contributed by atoms with Gasteiger partial charge in [-0.25, -0.2) is 0 Å². The van der Waals surface area contributed by atoms with E-state index in [1.54, 1.807) is 16.9 Å². The standard InChI is InChI=1S/C9H8AsN.2ClH/c10-8-4-3-7-2-1-5-11-9(7)6-8;;/h1-6H,10H2;2*1H. The molecule has 1 atom stereocenters. The number of fused-ring (bicyclic) bond motifs is 1. The van der Waals surface area contributed by atoms with Crippen molar-refractivity contribution in [2.75, 3.05) is 0 Å². The van der Waals surface area contributed by atoms with Crippen molar-refractivity contribution in [2.45, 2.75) is 0 Å². The van der Waals surface area contributed by atoms with E-state index in [4.69, 9.17) is 0 Å². The fraction of sp³-hybridized carbons (Fsp3) is 0. The Morgan fingerprint density at radius 2 is 1.85 bits per heavy atom. The van der Waals surface area contributed by atoms with Gasteiger partial charge in [0.15, 0.2) is 0 Å². The van der Waals surface area contributed by atoms with E-state index < -0.39 is 0 Å². The molecule has 0 amide bonds. The van der Waals surface area contributed by atoms with Crippen LogP contribution >= 0.6 is 24.8 Å². The third-order valence-electron chi connectivity index (χ3n) is 1.63. The molecule has 0 radical (unpaired) electrons. The van der Waals surface area contributed by atoms with Gasteiger partial charge in [0.2, 0.25) is 0 Å². The van der Waals surface area contributed by atoms with E-state index in [-0.39, 0.29) is 24.8 Å². The zero-order valence-corrected chi connectivity index (χ0v) is 10.9. The van der Waals surface area contributed by atoms with Gasteiger partial charge >= 0.3 is 73.6 Å². The van der Waals surface area contributed by atoms with Crippen LogP contribution in [0.2, 0.25) is 0 Å².